The van der Waals surface area contributed by atoms with Crippen molar-refractivity contribution in [3.63, 3.8) is 0 Å². The molecule has 8 heteroatoms. The minimum Gasteiger partial charge on any atom is -0.396 e. The molecule has 0 unspecified atom stereocenters. The summed E-state index contributed by atoms with van der Waals surface area (Å²) in [7, 11) is 3.26. The van der Waals surface area contributed by atoms with Crippen molar-refractivity contribution >= 4 is 11.8 Å². The van der Waals surface area contributed by atoms with Gasteiger partial charge in [0.15, 0.2) is 5.69 Å². The van der Waals surface area contributed by atoms with Crippen molar-refractivity contribution in [2.24, 2.45) is 5.41 Å². The van der Waals surface area contributed by atoms with E-state index in [1.165, 1.54) is 4.90 Å². The Balaban J connectivity index is 2.17. The molecule has 124 valence electrons. The third kappa shape index (κ3) is 3.79. The number of hydrogen-bond acceptors (Lipinski definition) is 5. The van der Waals surface area contributed by atoms with E-state index in [0.29, 0.717) is 13.0 Å². The van der Waals surface area contributed by atoms with Crippen molar-refractivity contribution in [2.75, 3.05) is 37.5 Å². The average molecular weight is 318 g/mol. The van der Waals surface area contributed by atoms with Crippen LogP contribution in [0.4, 0.5) is 24.9 Å². The predicted molar refractivity (Wildman–Crippen MR) is 77.8 cm³/mol. The molecule has 0 saturated heterocycles. The van der Waals surface area contributed by atoms with Crippen molar-refractivity contribution in [3.8, 4) is 0 Å². The first-order chi connectivity index (χ1) is 10.3. The number of aromatic nitrogens is 2. The van der Waals surface area contributed by atoms with Crippen molar-refractivity contribution < 1.29 is 18.3 Å². The van der Waals surface area contributed by atoms with Crippen LogP contribution in [0, 0.1) is 5.41 Å². The highest BCUT2D eigenvalue weighted by molar-refractivity contribution is 5.44. The van der Waals surface area contributed by atoms with Crippen LogP contribution in [0.15, 0.2) is 6.07 Å². The first kappa shape index (κ1) is 16.8. The van der Waals surface area contributed by atoms with Gasteiger partial charge in [0.1, 0.15) is 5.82 Å². The molecule has 2 N–H and O–H groups in total. The zero-order valence-electron chi connectivity index (χ0n) is 12.7. The van der Waals surface area contributed by atoms with Gasteiger partial charge in [-0.05, 0) is 24.7 Å². The summed E-state index contributed by atoms with van der Waals surface area (Å²) in [5.74, 6) is 0.178. The molecule has 0 atom stereocenters. The van der Waals surface area contributed by atoms with Crippen molar-refractivity contribution in [2.45, 2.75) is 31.9 Å². The molecule has 0 radical (unpaired) electrons. The Kier molecular flexibility index (Phi) is 4.79. The molecule has 22 heavy (non-hydrogen) atoms. The normalized spacial score (nSPS) is 17.0. The maximum absolute atomic E-state index is 12.9. The van der Waals surface area contributed by atoms with Crippen LogP contribution in [0.25, 0.3) is 0 Å². The van der Waals surface area contributed by atoms with Gasteiger partial charge in [-0.3, -0.25) is 0 Å². The van der Waals surface area contributed by atoms with Crippen LogP contribution in [0.3, 0.4) is 0 Å². The minimum absolute atomic E-state index is 0.0252. The van der Waals surface area contributed by atoms with Crippen LogP contribution in [-0.2, 0) is 6.18 Å². The molecule has 2 rings (SSSR count). The Bertz CT molecular complexity index is 515. The highest BCUT2D eigenvalue weighted by Gasteiger charge is 2.37. The second-order valence-corrected chi connectivity index (χ2v) is 6.01. The zero-order chi connectivity index (χ0) is 16.4. The Morgan fingerprint density at radius 3 is 2.45 bits per heavy atom. The fraction of sp³-hybridized carbons (Fsp3) is 0.714. The molecule has 0 spiro atoms. The van der Waals surface area contributed by atoms with Gasteiger partial charge in [-0.2, -0.15) is 18.2 Å². The molecule has 1 aliphatic carbocycles. The van der Waals surface area contributed by atoms with E-state index in [2.05, 4.69) is 15.3 Å². The van der Waals surface area contributed by atoms with Gasteiger partial charge in [0.05, 0.1) is 0 Å². The van der Waals surface area contributed by atoms with Crippen LogP contribution in [-0.4, -0.2) is 42.3 Å². The summed E-state index contributed by atoms with van der Waals surface area (Å²) < 4.78 is 38.7. The first-order valence-corrected chi connectivity index (χ1v) is 7.24. The standard InChI is InChI=1S/C14H21F3N4O/c1-21(2)11-8-10(14(15,16)17)19-12(20-11)18-9-13(6-7-22)4-3-5-13/h8,22H,3-7,9H2,1-2H3,(H,18,19,20). The number of aliphatic hydroxyl groups excluding tert-OH is 1. The van der Waals surface area contributed by atoms with Gasteiger partial charge >= 0.3 is 6.18 Å². The van der Waals surface area contributed by atoms with E-state index < -0.39 is 11.9 Å². The fourth-order valence-corrected chi connectivity index (χ4v) is 2.58. The minimum atomic E-state index is -4.51. The number of hydrogen-bond donors (Lipinski definition) is 2. The summed E-state index contributed by atoms with van der Waals surface area (Å²) >= 11 is 0. The van der Waals surface area contributed by atoms with E-state index in [4.69, 9.17) is 5.11 Å². The molecule has 0 aromatic carbocycles. The monoisotopic (exact) mass is 318 g/mol. The summed E-state index contributed by atoms with van der Waals surface area (Å²) in [6.45, 7) is 0.551. The smallest absolute Gasteiger partial charge is 0.396 e. The summed E-state index contributed by atoms with van der Waals surface area (Å²) in [6, 6.07) is 0.929. The molecule has 0 bridgehead atoms. The SMILES string of the molecule is CN(C)c1cc(C(F)(F)F)nc(NCC2(CCO)CCC2)n1. The summed E-state index contributed by atoms with van der Waals surface area (Å²) in [4.78, 5) is 9.19. The van der Waals surface area contributed by atoms with Gasteiger partial charge in [0.2, 0.25) is 5.95 Å². The van der Waals surface area contributed by atoms with E-state index in [9.17, 15) is 13.2 Å². The molecule has 1 aromatic rings. The van der Waals surface area contributed by atoms with Crippen LogP contribution in [0.1, 0.15) is 31.4 Å². The number of alkyl halides is 3. The molecule has 1 heterocycles. The van der Waals surface area contributed by atoms with E-state index in [1.807, 2.05) is 0 Å². The molecule has 1 aromatic heterocycles. The number of nitrogens with one attached hydrogen (secondary N) is 1. The van der Waals surface area contributed by atoms with Gasteiger partial charge in [0.25, 0.3) is 0 Å². The summed E-state index contributed by atoms with van der Waals surface area (Å²) in [5.41, 5.74) is -1.01. The average Bonchev–Trinajstić information content (AvgIpc) is 2.40. The Morgan fingerprint density at radius 2 is 2.00 bits per heavy atom. The highest BCUT2D eigenvalue weighted by atomic mass is 19.4. The Hall–Kier alpha value is -1.57. The van der Waals surface area contributed by atoms with Crippen molar-refractivity contribution in [1.29, 1.82) is 0 Å². The third-order valence-corrected chi connectivity index (χ3v) is 4.14. The van der Waals surface area contributed by atoms with Crippen LogP contribution in [0.2, 0.25) is 0 Å². The van der Waals surface area contributed by atoms with Crippen LogP contribution < -0.4 is 10.2 Å². The maximum atomic E-state index is 12.9. The van der Waals surface area contributed by atoms with Crippen molar-refractivity contribution in [1.82, 2.24) is 9.97 Å². The van der Waals surface area contributed by atoms with Gasteiger partial charge < -0.3 is 15.3 Å². The lowest BCUT2D eigenvalue weighted by molar-refractivity contribution is -0.141. The van der Waals surface area contributed by atoms with Crippen LogP contribution >= 0.6 is 0 Å². The van der Waals surface area contributed by atoms with Gasteiger partial charge in [0, 0.05) is 33.3 Å². The van der Waals surface area contributed by atoms with E-state index in [0.717, 1.165) is 25.3 Å². The van der Waals surface area contributed by atoms with E-state index in [1.54, 1.807) is 14.1 Å². The van der Waals surface area contributed by atoms with Gasteiger partial charge in [-0.15, -0.1) is 0 Å². The first-order valence-electron chi connectivity index (χ1n) is 7.24. The quantitative estimate of drug-likeness (QED) is 0.844. The largest absolute Gasteiger partial charge is 0.433 e. The van der Waals surface area contributed by atoms with Gasteiger partial charge in [-0.25, -0.2) is 4.98 Å². The molecular formula is C14H21F3N4O. The fourth-order valence-electron chi connectivity index (χ4n) is 2.58. The lowest BCUT2D eigenvalue weighted by atomic mass is 9.67. The lowest BCUT2D eigenvalue weighted by Gasteiger charge is -2.41. The number of anilines is 2. The Labute approximate surface area is 127 Å². The van der Waals surface area contributed by atoms with E-state index in [-0.39, 0.29) is 23.8 Å². The summed E-state index contributed by atoms with van der Waals surface area (Å²) in [5, 5.41) is 12.0. The lowest BCUT2D eigenvalue weighted by Crippen LogP contribution is -2.37. The number of halogens is 3. The third-order valence-electron chi connectivity index (χ3n) is 4.14. The topological polar surface area (TPSA) is 61.3 Å². The maximum Gasteiger partial charge on any atom is 0.433 e. The molecule has 1 aliphatic rings. The summed E-state index contributed by atoms with van der Waals surface area (Å²) in [6.07, 6.45) is -0.878. The van der Waals surface area contributed by atoms with Crippen molar-refractivity contribution in [3.05, 3.63) is 11.8 Å². The Morgan fingerprint density at radius 1 is 1.32 bits per heavy atom. The molecule has 1 fully saturated rings. The predicted octanol–water partition coefficient (Wildman–Crippen LogP) is 2.53. The molecule has 0 amide bonds. The van der Waals surface area contributed by atoms with E-state index >= 15 is 0 Å². The second-order valence-electron chi connectivity index (χ2n) is 6.01. The second kappa shape index (κ2) is 6.28. The molecular weight excluding hydrogens is 297 g/mol. The highest BCUT2D eigenvalue weighted by Crippen LogP contribution is 2.43. The zero-order valence-corrected chi connectivity index (χ0v) is 12.7. The molecule has 1 saturated carbocycles. The van der Waals surface area contributed by atoms with Gasteiger partial charge in [-0.1, -0.05) is 6.42 Å². The number of rotatable bonds is 6. The number of nitrogens with zero attached hydrogens (tertiary/aromatic N) is 3. The number of aliphatic hydroxyl groups is 1. The van der Waals surface area contributed by atoms with Crippen LogP contribution in [0.5, 0.6) is 0 Å². The molecule has 0 aliphatic heterocycles. The molecule has 5 nitrogen and oxygen atoms in total.